The zero-order valence-corrected chi connectivity index (χ0v) is 17.0. The van der Waals surface area contributed by atoms with Crippen LogP contribution in [0.2, 0.25) is 0 Å². The van der Waals surface area contributed by atoms with Crippen molar-refractivity contribution >= 4 is 17.3 Å². The average Bonchev–Trinajstić information content (AvgIpc) is 2.82. The fraction of sp³-hybridized carbons (Fsp3) is 0.269. The van der Waals surface area contributed by atoms with Gasteiger partial charge in [0.2, 0.25) is 6.10 Å². The van der Waals surface area contributed by atoms with E-state index >= 15 is 0 Å². The van der Waals surface area contributed by atoms with E-state index in [1.54, 1.807) is 0 Å². The fourth-order valence-corrected chi connectivity index (χ4v) is 4.56. The van der Waals surface area contributed by atoms with Gasteiger partial charge in [0.25, 0.3) is 5.91 Å². The van der Waals surface area contributed by atoms with Gasteiger partial charge in [-0.1, -0.05) is 54.6 Å². The fourth-order valence-electron chi connectivity index (χ4n) is 4.56. The molecule has 1 amide bonds. The van der Waals surface area contributed by atoms with Crippen LogP contribution in [0.15, 0.2) is 84.9 Å². The van der Waals surface area contributed by atoms with E-state index in [0.717, 1.165) is 30.1 Å². The first-order chi connectivity index (χ1) is 14.8. The Hall–Kier alpha value is -3.27. The Balaban J connectivity index is 1.54. The molecule has 0 aliphatic carbocycles. The van der Waals surface area contributed by atoms with Crippen molar-refractivity contribution in [2.24, 2.45) is 0 Å². The molecule has 2 saturated heterocycles. The topological polar surface area (TPSA) is 32.8 Å². The highest BCUT2D eigenvalue weighted by molar-refractivity contribution is 6.05. The lowest BCUT2D eigenvalue weighted by molar-refractivity contribution is -0.135. The van der Waals surface area contributed by atoms with Gasteiger partial charge in [-0.25, -0.2) is 0 Å². The summed E-state index contributed by atoms with van der Waals surface area (Å²) in [6.45, 7) is 2.13. The van der Waals surface area contributed by atoms with Crippen LogP contribution in [0.3, 0.4) is 0 Å². The largest absolute Gasteiger partial charge is 0.478 e. The number of ether oxygens (including phenoxy) is 1. The molecule has 2 aliphatic rings. The first-order valence-electron chi connectivity index (χ1n) is 10.8. The maximum absolute atomic E-state index is 13.2. The summed E-state index contributed by atoms with van der Waals surface area (Å²) in [5.41, 5.74) is 3.29. The predicted molar refractivity (Wildman–Crippen MR) is 120 cm³/mol. The first-order valence-corrected chi connectivity index (χ1v) is 10.8. The summed E-state index contributed by atoms with van der Waals surface area (Å²) in [6, 6.07) is 27.9. The summed E-state index contributed by atoms with van der Waals surface area (Å²) in [6.07, 6.45) is 3.18. The highest BCUT2D eigenvalue weighted by Crippen LogP contribution is 2.44. The van der Waals surface area contributed by atoms with Crippen molar-refractivity contribution < 1.29 is 9.53 Å². The van der Waals surface area contributed by atoms with Crippen molar-refractivity contribution in [1.29, 1.82) is 0 Å². The molecule has 3 aromatic carbocycles. The summed E-state index contributed by atoms with van der Waals surface area (Å²) in [4.78, 5) is 17.6. The lowest BCUT2D eigenvalue weighted by Gasteiger charge is -2.48. The van der Waals surface area contributed by atoms with Crippen LogP contribution in [0.4, 0.5) is 11.4 Å². The molecule has 4 nitrogen and oxygen atoms in total. The average molecular weight is 399 g/mol. The Bertz CT molecular complexity index is 1000. The van der Waals surface area contributed by atoms with Gasteiger partial charge in [0.05, 0.1) is 0 Å². The molecule has 2 aliphatic heterocycles. The molecular formula is C26H26N2O2. The lowest BCUT2D eigenvalue weighted by atomic mass is 9.88. The third-order valence-corrected chi connectivity index (χ3v) is 6.04. The Kier molecular flexibility index (Phi) is 5.14. The molecular weight excluding hydrogens is 372 g/mol. The maximum Gasteiger partial charge on any atom is 0.271 e. The molecule has 30 heavy (non-hydrogen) atoms. The van der Waals surface area contributed by atoms with Crippen molar-refractivity contribution in [3.63, 3.8) is 0 Å². The Morgan fingerprint density at radius 3 is 2.10 bits per heavy atom. The minimum atomic E-state index is -0.529. The molecule has 0 saturated carbocycles. The minimum Gasteiger partial charge on any atom is -0.478 e. The SMILES string of the molecule is O=C1[C@H](Oc2ccccc2)[C@@H](c2ccccc2N2CCCCC2)N1c1ccccc1. The molecule has 2 heterocycles. The lowest BCUT2D eigenvalue weighted by Crippen LogP contribution is -2.62. The number of piperidine rings is 1. The molecule has 3 aromatic rings. The van der Waals surface area contributed by atoms with Gasteiger partial charge >= 0.3 is 0 Å². The number of hydrogen-bond donors (Lipinski definition) is 0. The Labute approximate surface area is 177 Å². The quantitative estimate of drug-likeness (QED) is 0.553. The Morgan fingerprint density at radius 1 is 0.733 bits per heavy atom. The number of carbonyl (C=O) groups excluding carboxylic acids is 1. The molecule has 5 rings (SSSR count). The van der Waals surface area contributed by atoms with Crippen LogP contribution in [0.25, 0.3) is 0 Å². The van der Waals surface area contributed by atoms with Gasteiger partial charge in [0, 0.05) is 30.0 Å². The van der Waals surface area contributed by atoms with E-state index < -0.39 is 6.10 Å². The number of β-lactam (4-membered cyclic amide) rings is 1. The third-order valence-electron chi connectivity index (χ3n) is 6.04. The van der Waals surface area contributed by atoms with E-state index in [0.29, 0.717) is 0 Å². The summed E-state index contributed by atoms with van der Waals surface area (Å²) in [5.74, 6) is 0.729. The second kappa shape index (κ2) is 8.23. The van der Waals surface area contributed by atoms with Crippen LogP contribution in [0, 0.1) is 0 Å². The van der Waals surface area contributed by atoms with Gasteiger partial charge in [-0.3, -0.25) is 9.69 Å². The maximum atomic E-state index is 13.2. The highest BCUT2D eigenvalue weighted by atomic mass is 16.5. The zero-order valence-electron chi connectivity index (χ0n) is 17.0. The van der Waals surface area contributed by atoms with Crippen LogP contribution in [-0.2, 0) is 4.79 Å². The standard InChI is InChI=1S/C26H26N2O2/c29-26-25(30-21-14-6-2-7-15-21)24(28(26)20-12-4-1-5-13-20)22-16-8-9-17-23(22)27-18-10-3-11-19-27/h1-2,4-9,12-17,24-25H,3,10-11,18-19H2/t24-,25-/m1/s1. The number of para-hydroxylation sites is 3. The molecule has 0 spiro atoms. The third kappa shape index (κ3) is 3.43. The van der Waals surface area contributed by atoms with Gasteiger partial charge in [-0.15, -0.1) is 0 Å². The van der Waals surface area contributed by atoms with Crippen molar-refractivity contribution in [1.82, 2.24) is 0 Å². The molecule has 152 valence electrons. The summed E-state index contributed by atoms with van der Waals surface area (Å²) < 4.78 is 6.21. The number of anilines is 2. The first kappa shape index (κ1) is 18.7. The number of rotatable bonds is 5. The molecule has 0 radical (unpaired) electrons. The molecule has 4 heteroatoms. The molecule has 2 atom stereocenters. The van der Waals surface area contributed by atoms with E-state index in [2.05, 4.69) is 29.2 Å². The van der Waals surface area contributed by atoms with Gasteiger partial charge in [0.15, 0.2) is 0 Å². The van der Waals surface area contributed by atoms with E-state index in [1.807, 2.05) is 65.6 Å². The minimum absolute atomic E-state index is 0.00324. The number of benzene rings is 3. The van der Waals surface area contributed by atoms with E-state index in [9.17, 15) is 4.79 Å². The number of hydrogen-bond acceptors (Lipinski definition) is 3. The van der Waals surface area contributed by atoms with Crippen molar-refractivity contribution in [3.8, 4) is 5.75 Å². The number of nitrogens with zero attached hydrogens (tertiary/aromatic N) is 2. The molecule has 0 N–H and O–H groups in total. The molecule has 0 bridgehead atoms. The van der Waals surface area contributed by atoms with Crippen LogP contribution in [-0.4, -0.2) is 25.1 Å². The van der Waals surface area contributed by atoms with E-state index in [4.69, 9.17) is 4.74 Å². The predicted octanol–water partition coefficient (Wildman–Crippen LogP) is 5.21. The van der Waals surface area contributed by atoms with Crippen molar-refractivity contribution in [2.45, 2.75) is 31.4 Å². The normalized spacial score (nSPS) is 21.3. The number of carbonyl (C=O) groups is 1. The van der Waals surface area contributed by atoms with Gasteiger partial charge in [-0.05, 0) is 49.6 Å². The smallest absolute Gasteiger partial charge is 0.271 e. The van der Waals surface area contributed by atoms with Crippen LogP contribution < -0.4 is 14.5 Å². The monoisotopic (exact) mass is 398 g/mol. The molecule has 0 unspecified atom stereocenters. The Morgan fingerprint density at radius 2 is 1.37 bits per heavy atom. The molecule has 2 fully saturated rings. The van der Waals surface area contributed by atoms with Gasteiger partial charge < -0.3 is 9.64 Å². The zero-order chi connectivity index (χ0) is 20.3. The second-order valence-corrected chi connectivity index (χ2v) is 7.95. The van der Waals surface area contributed by atoms with Crippen LogP contribution in [0.5, 0.6) is 5.75 Å². The van der Waals surface area contributed by atoms with Gasteiger partial charge in [-0.2, -0.15) is 0 Å². The highest BCUT2D eigenvalue weighted by Gasteiger charge is 2.52. The van der Waals surface area contributed by atoms with Crippen LogP contribution in [0.1, 0.15) is 30.9 Å². The van der Waals surface area contributed by atoms with Gasteiger partial charge in [0.1, 0.15) is 11.8 Å². The summed E-state index contributed by atoms with van der Waals surface area (Å²) >= 11 is 0. The van der Waals surface area contributed by atoms with Crippen molar-refractivity contribution in [3.05, 3.63) is 90.5 Å². The van der Waals surface area contributed by atoms with E-state index in [-0.39, 0.29) is 11.9 Å². The van der Waals surface area contributed by atoms with Crippen LogP contribution >= 0.6 is 0 Å². The molecule has 0 aromatic heterocycles. The second-order valence-electron chi connectivity index (χ2n) is 7.95. The number of amides is 1. The van der Waals surface area contributed by atoms with Crippen molar-refractivity contribution in [2.75, 3.05) is 22.9 Å². The summed E-state index contributed by atoms with van der Waals surface area (Å²) in [5, 5.41) is 0. The summed E-state index contributed by atoms with van der Waals surface area (Å²) in [7, 11) is 0. The van der Waals surface area contributed by atoms with E-state index in [1.165, 1.54) is 24.9 Å².